The van der Waals surface area contributed by atoms with Crippen LogP contribution in [0.2, 0.25) is 5.02 Å². The summed E-state index contributed by atoms with van der Waals surface area (Å²) in [6.07, 6.45) is -5.11. The highest BCUT2D eigenvalue weighted by Gasteiger charge is 2.23. The average Bonchev–Trinajstić information content (AvgIpc) is 2.30. The molecule has 0 aliphatic rings. The van der Waals surface area contributed by atoms with E-state index < -0.39 is 29.1 Å². The number of nitrogens with two attached hydrogens (primary N) is 1. The van der Waals surface area contributed by atoms with Gasteiger partial charge in [-0.25, -0.2) is 21.9 Å². The number of alkyl halides is 2. The van der Waals surface area contributed by atoms with Crippen molar-refractivity contribution < 1.29 is 22.3 Å². The number of rotatable bonds is 5. The van der Waals surface area contributed by atoms with Gasteiger partial charge in [0, 0.05) is 17.3 Å². The van der Waals surface area contributed by atoms with Crippen LogP contribution in [-0.4, -0.2) is 32.6 Å². The van der Waals surface area contributed by atoms with E-state index in [2.05, 4.69) is 0 Å². The first kappa shape index (κ1) is 16.1. The summed E-state index contributed by atoms with van der Waals surface area (Å²) in [4.78, 5) is -0.209. The highest BCUT2D eigenvalue weighted by atomic mass is 35.5. The van der Waals surface area contributed by atoms with Crippen LogP contribution in [-0.2, 0) is 10.0 Å². The van der Waals surface area contributed by atoms with Crippen molar-refractivity contribution in [3.05, 3.63) is 22.7 Å². The minimum absolute atomic E-state index is 0.109. The number of nitrogens with one attached hydrogen (secondary N) is 1. The van der Waals surface area contributed by atoms with Gasteiger partial charge in [-0.3, -0.25) is 0 Å². The van der Waals surface area contributed by atoms with E-state index in [-0.39, 0.29) is 21.2 Å². The number of hydrogen-bond acceptors (Lipinski definition) is 4. The Kier molecular flexibility index (Phi) is 5.08. The lowest BCUT2D eigenvalue weighted by Gasteiger charge is -2.14. The van der Waals surface area contributed by atoms with Crippen molar-refractivity contribution in [2.45, 2.75) is 24.3 Å². The monoisotopic (exact) mass is 314 g/mol. The second kappa shape index (κ2) is 6.00. The van der Waals surface area contributed by atoms with E-state index in [9.17, 15) is 17.2 Å². The number of halogens is 3. The molecule has 0 aliphatic carbocycles. The smallest absolute Gasteiger partial charge is 0.265 e. The summed E-state index contributed by atoms with van der Waals surface area (Å²) in [6, 6.07) is 2.54. The van der Waals surface area contributed by atoms with Crippen molar-refractivity contribution >= 4 is 27.3 Å². The predicted octanol–water partition coefficient (Wildman–Crippen LogP) is 1.13. The molecule has 1 aromatic carbocycles. The number of aliphatic hydroxyl groups is 1. The van der Waals surface area contributed by atoms with Crippen LogP contribution in [0.5, 0.6) is 0 Å². The first-order valence-electron chi connectivity index (χ1n) is 5.16. The Bertz CT molecular complexity index is 566. The van der Waals surface area contributed by atoms with Gasteiger partial charge in [0.15, 0.2) is 0 Å². The first-order chi connectivity index (χ1) is 8.65. The van der Waals surface area contributed by atoms with Crippen LogP contribution in [0.15, 0.2) is 17.0 Å². The minimum Gasteiger partial charge on any atom is -0.398 e. The fourth-order valence-corrected chi connectivity index (χ4v) is 2.96. The quantitative estimate of drug-likeness (QED) is 0.710. The zero-order valence-corrected chi connectivity index (χ0v) is 11.5. The summed E-state index contributed by atoms with van der Waals surface area (Å²) in [5.41, 5.74) is 6.00. The van der Waals surface area contributed by atoms with Gasteiger partial charge >= 0.3 is 0 Å². The second-order valence-corrected chi connectivity index (χ2v) is 6.04. The molecule has 0 spiro atoms. The standard InChI is InChI=1S/C10H13ClF2N2O3S/c1-5-7(14)2-6(11)3-9(5)19(17,18)15-4-8(16)10(12)13/h2-3,8,10,15-16H,4,14H2,1H3. The van der Waals surface area contributed by atoms with E-state index >= 15 is 0 Å². The topological polar surface area (TPSA) is 92.4 Å². The highest BCUT2D eigenvalue weighted by molar-refractivity contribution is 7.89. The summed E-state index contributed by atoms with van der Waals surface area (Å²) in [6.45, 7) is 0.662. The fraction of sp³-hybridized carbons (Fsp3) is 0.400. The Morgan fingerprint density at radius 2 is 2.05 bits per heavy atom. The molecule has 0 fully saturated rings. The van der Waals surface area contributed by atoms with Crippen LogP contribution in [0, 0.1) is 6.92 Å². The van der Waals surface area contributed by atoms with Crippen LogP contribution < -0.4 is 10.5 Å². The SMILES string of the molecule is Cc1c(N)cc(Cl)cc1S(=O)(=O)NCC(O)C(F)F. The molecule has 0 aliphatic heterocycles. The first-order valence-corrected chi connectivity index (χ1v) is 7.02. The molecule has 0 heterocycles. The molecule has 1 atom stereocenters. The molecule has 1 aromatic rings. The predicted molar refractivity (Wildman–Crippen MR) is 67.8 cm³/mol. The third-order valence-corrected chi connectivity index (χ3v) is 4.20. The molecule has 108 valence electrons. The lowest BCUT2D eigenvalue weighted by molar-refractivity contribution is -0.000452. The van der Waals surface area contributed by atoms with E-state index in [0.29, 0.717) is 0 Å². The molecule has 0 saturated heterocycles. The molecular formula is C10H13ClF2N2O3S. The number of benzene rings is 1. The van der Waals surface area contributed by atoms with Crippen LogP contribution in [0.1, 0.15) is 5.56 Å². The van der Waals surface area contributed by atoms with E-state index in [1.165, 1.54) is 13.0 Å². The van der Waals surface area contributed by atoms with E-state index in [4.69, 9.17) is 22.4 Å². The van der Waals surface area contributed by atoms with Gasteiger partial charge in [-0.1, -0.05) is 11.6 Å². The maximum atomic E-state index is 12.1. The number of anilines is 1. The van der Waals surface area contributed by atoms with Gasteiger partial charge in [0.2, 0.25) is 10.0 Å². The third-order valence-electron chi connectivity index (χ3n) is 2.43. The molecule has 5 nitrogen and oxygen atoms in total. The van der Waals surface area contributed by atoms with Gasteiger partial charge in [0.05, 0.1) is 4.90 Å². The molecule has 0 radical (unpaired) electrons. The Balaban J connectivity index is 3.01. The van der Waals surface area contributed by atoms with E-state index in [1.54, 1.807) is 0 Å². The van der Waals surface area contributed by atoms with Crippen LogP contribution >= 0.6 is 11.6 Å². The Labute approximate surface area is 114 Å². The van der Waals surface area contributed by atoms with Crippen molar-refractivity contribution in [1.82, 2.24) is 4.72 Å². The molecule has 19 heavy (non-hydrogen) atoms. The van der Waals surface area contributed by atoms with Crippen LogP contribution in [0.3, 0.4) is 0 Å². The van der Waals surface area contributed by atoms with Gasteiger partial charge < -0.3 is 10.8 Å². The van der Waals surface area contributed by atoms with Crippen LogP contribution in [0.4, 0.5) is 14.5 Å². The molecule has 9 heteroatoms. The average molecular weight is 315 g/mol. The van der Waals surface area contributed by atoms with E-state index in [0.717, 1.165) is 6.07 Å². The lowest BCUT2D eigenvalue weighted by atomic mass is 10.2. The van der Waals surface area contributed by atoms with Gasteiger partial charge in [-0.15, -0.1) is 0 Å². The van der Waals surface area contributed by atoms with Crippen molar-refractivity contribution in [2.24, 2.45) is 0 Å². The molecular weight excluding hydrogens is 302 g/mol. The molecule has 4 N–H and O–H groups in total. The fourth-order valence-electron chi connectivity index (χ4n) is 1.32. The van der Waals surface area contributed by atoms with Gasteiger partial charge in [0.25, 0.3) is 6.43 Å². The highest BCUT2D eigenvalue weighted by Crippen LogP contribution is 2.25. The van der Waals surface area contributed by atoms with Crippen molar-refractivity contribution in [3.63, 3.8) is 0 Å². The normalized spacial score (nSPS) is 13.8. The Hall–Kier alpha value is -0.960. The van der Waals surface area contributed by atoms with Gasteiger partial charge in [-0.2, -0.15) is 0 Å². The summed E-state index contributed by atoms with van der Waals surface area (Å²) in [5.74, 6) is 0. The maximum absolute atomic E-state index is 12.1. The number of hydrogen-bond donors (Lipinski definition) is 3. The zero-order valence-electron chi connectivity index (χ0n) is 9.90. The molecule has 0 amide bonds. The van der Waals surface area contributed by atoms with Crippen molar-refractivity contribution in [3.8, 4) is 0 Å². The lowest BCUT2D eigenvalue weighted by Crippen LogP contribution is -2.36. The molecule has 1 unspecified atom stereocenters. The summed E-state index contributed by atoms with van der Waals surface area (Å²) in [7, 11) is -4.07. The zero-order chi connectivity index (χ0) is 14.8. The molecule has 0 aromatic heterocycles. The van der Waals surface area contributed by atoms with Crippen LogP contribution in [0.25, 0.3) is 0 Å². The molecule has 1 rings (SSSR count). The minimum atomic E-state index is -4.07. The summed E-state index contributed by atoms with van der Waals surface area (Å²) >= 11 is 5.70. The van der Waals surface area contributed by atoms with Gasteiger partial charge in [-0.05, 0) is 24.6 Å². The maximum Gasteiger partial charge on any atom is 0.265 e. The van der Waals surface area contributed by atoms with E-state index in [1.807, 2.05) is 4.72 Å². The van der Waals surface area contributed by atoms with Crippen molar-refractivity contribution in [2.75, 3.05) is 12.3 Å². The Morgan fingerprint density at radius 3 is 2.58 bits per heavy atom. The molecule has 0 saturated carbocycles. The number of nitrogen functional groups attached to an aromatic ring is 1. The number of sulfonamides is 1. The summed E-state index contributed by atoms with van der Waals surface area (Å²) in [5, 5.41) is 9.00. The largest absolute Gasteiger partial charge is 0.398 e. The third kappa shape index (κ3) is 4.00. The van der Waals surface area contributed by atoms with Crippen molar-refractivity contribution in [1.29, 1.82) is 0 Å². The summed E-state index contributed by atoms with van der Waals surface area (Å²) < 4.78 is 49.9. The van der Waals surface area contributed by atoms with Gasteiger partial charge in [0.1, 0.15) is 6.10 Å². The number of aliphatic hydroxyl groups excluding tert-OH is 1. The Morgan fingerprint density at radius 1 is 1.47 bits per heavy atom. The second-order valence-electron chi connectivity index (χ2n) is 3.87. The molecule has 0 bridgehead atoms.